The molecule has 13 heavy (non-hydrogen) atoms. The van der Waals surface area contributed by atoms with Gasteiger partial charge in [-0.15, -0.1) is 0 Å². The Kier molecular flexibility index (Phi) is 1.84. The molecule has 0 bridgehead atoms. The molecule has 70 valence electrons. The summed E-state index contributed by atoms with van der Waals surface area (Å²) in [6.45, 7) is 4.12. The minimum Gasteiger partial charge on any atom is -0.390 e. The first-order valence-electron chi connectivity index (χ1n) is 4.60. The molecule has 0 spiro atoms. The topological polar surface area (TPSA) is 46.0 Å². The lowest BCUT2D eigenvalue weighted by Gasteiger charge is -2.08. The van der Waals surface area contributed by atoms with Gasteiger partial charge < -0.3 is 5.11 Å². The lowest BCUT2D eigenvalue weighted by Crippen LogP contribution is -2.09. The molecule has 0 saturated heterocycles. The van der Waals surface area contributed by atoms with Crippen molar-refractivity contribution in [2.75, 3.05) is 0 Å². The van der Waals surface area contributed by atoms with E-state index >= 15 is 0 Å². The van der Waals surface area contributed by atoms with Crippen LogP contribution >= 0.6 is 0 Å². The van der Waals surface area contributed by atoms with Gasteiger partial charge in [-0.3, -0.25) is 0 Å². The van der Waals surface area contributed by atoms with E-state index in [2.05, 4.69) is 16.9 Å². The molecule has 1 aliphatic carbocycles. The number of rotatable bonds is 2. The smallest absolute Gasteiger partial charge is 0.134 e. The van der Waals surface area contributed by atoms with Gasteiger partial charge in [0.05, 0.1) is 12.3 Å². The number of aliphatic hydroxyl groups is 1. The number of nitrogens with zero attached hydrogens (tertiary/aromatic N) is 2. The van der Waals surface area contributed by atoms with E-state index in [1.807, 2.05) is 13.0 Å². The van der Waals surface area contributed by atoms with Crippen LogP contribution < -0.4 is 0 Å². The van der Waals surface area contributed by atoms with Crippen molar-refractivity contribution in [3.05, 3.63) is 23.3 Å². The van der Waals surface area contributed by atoms with Gasteiger partial charge in [0.1, 0.15) is 5.82 Å². The molecule has 1 saturated carbocycles. The second-order valence-corrected chi connectivity index (χ2v) is 4.04. The van der Waals surface area contributed by atoms with Crippen LogP contribution in [0.3, 0.4) is 0 Å². The summed E-state index contributed by atoms with van der Waals surface area (Å²) in [5, 5.41) is 8.98. The van der Waals surface area contributed by atoms with Gasteiger partial charge in [-0.2, -0.15) is 0 Å². The van der Waals surface area contributed by atoms with E-state index in [-0.39, 0.29) is 12.0 Å². The van der Waals surface area contributed by atoms with Crippen molar-refractivity contribution >= 4 is 0 Å². The minimum atomic E-state index is 0.00639. The molecule has 1 aromatic rings. The molecule has 0 atom stereocenters. The van der Waals surface area contributed by atoms with E-state index in [1.54, 1.807) is 0 Å². The van der Waals surface area contributed by atoms with Gasteiger partial charge in [0.25, 0.3) is 0 Å². The molecule has 1 heterocycles. The second kappa shape index (κ2) is 2.77. The Balaban J connectivity index is 2.40. The van der Waals surface area contributed by atoms with Crippen molar-refractivity contribution < 1.29 is 5.11 Å². The number of aliphatic hydroxyl groups excluding tert-OH is 1. The minimum absolute atomic E-state index is 0.00639. The molecule has 2 rings (SSSR count). The van der Waals surface area contributed by atoms with Crippen LogP contribution in [0.1, 0.15) is 37.0 Å². The fourth-order valence-electron chi connectivity index (χ4n) is 1.40. The molecule has 1 aromatic heterocycles. The Labute approximate surface area is 77.8 Å². The molecule has 1 aliphatic rings. The van der Waals surface area contributed by atoms with E-state index in [0.717, 1.165) is 17.2 Å². The Bertz CT molecular complexity index is 332. The van der Waals surface area contributed by atoms with Gasteiger partial charge in [-0.25, -0.2) is 9.97 Å². The Morgan fingerprint density at radius 2 is 2.15 bits per heavy atom. The van der Waals surface area contributed by atoms with Gasteiger partial charge >= 0.3 is 0 Å². The molecule has 3 nitrogen and oxygen atoms in total. The summed E-state index contributed by atoms with van der Waals surface area (Å²) < 4.78 is 0. The summed E-state index contributed by atoms with van der Waals surface area (Å²) in [7, 11) is 0. The summed E-state index contributed by atoms with van der Waals surface area (Å²) in [4.78, 5) is 8.72. The second-order valence-electron chi connectivity index (χ2n) is 4.04. The van der Waals surface area contributed by atoms with E-state index in [9.17, 15) is 0 Å². The van der Waals surface area contributed by atoms with Gasteiger partial charge in [0, 0.05) is 11.1 Å². The summed E-state index contributed by atoms with van der Waals surface area (Å²) in [5.74, 6) is 0.900. The first-order chi connectivity index (χ1) is 6.14. The van der Waals surface area contributed by atoms with Crippen LogP contribution in [0.25, 0.3) is 0 Å². The van der Waals surface area contributed by atoms with Gasteiger partial charge in [-0.1, -0.05) is 6.92 Å². The third-order valence-corrected chi connectivity index (χ3v) is 2.61. The van der Waals surface area contributed by atoms with Crippen LogP contribution in [0.15, 0.2) is 6.07 Å². The molecule has 1 N–H and O–H groups in total. The molecular formula is C10H14N2O. The van der Waals surface area contributed by atoms with Crippen LogP contribution in [-0.2, 0) is 12.0 Å². The summed E-state index contributed by atoms with van der Waals surface area (Å²) in [6, 6.07) is 1.83. The zero-order valence-electron chi connectivity index (χ0n) is 8.04. The first kappa shape index (κ1) is 8.63. The average Bonchev–Trinajstić information content (AvgIpc) is 2.84. The van der Waals surface area contributed by atoms with E-state index < -0.39 is 0 Å². The fraction of sp³-hybridized carbons (Fsp3) is 0.600. The zero-order chi connectivity index (χ0) is 9.47. The standard InChI is InChI=1S/C10H14N2O/c1-7-5-8(6-13)12-9(11-7)10(2)3-4-10/h5,13H,3-4,6H2,1-2H3. The van der Waals surface area contributed by atoms with Crippen molar-refractivity contribution in [2.24, 2.45) is 0 Å². The van der Waals surface area contributed by atoms with Crippen molar-refractivity contribution in [1.82, 2.24) is 9.97 Å². The summed E-state index contributed by atoms with van der Waals surface area (Å²) in [6.07, 6.45) is 2.34. The molecule has 0 amide bonds. The van der Waals surface area contributed by atoms with E-state index in [4.69, 9.17) is 5.11 Å². The van der Waals surface area contributed by atoms with Crippen LogP contribution in [0.4, 0.5) is 0 Å². The predicted molar refractivity (Wildman–Crippen MR) is 49.3 cm³/mol. The third-order valence-electron chi connectivity index (χ3n) is 2.61. The summed E-state index contributed by atoms with van der Waals surface area (Å²) in [5.41, 5.74) is 1.87. The fourth-order valence-corrected chi connectivity index (χ4v) is 1.40. The van der Waals surface area contributed by atoms with Gasteiger partial charge in [0.15, 0.2) is 0 Å². The number of hydrogen-bond donors (Lipinski definition) is 1. The SMILES string of the molecule is Cc1cc(CO)nc(C2(C)CC2)n1. The summed E-state index contributed by atoms with van der Waals surface area (Å²) >= 11 is 0. The Morgan fingerprint density at radius 3 is 2.69 bits per heavy atom. The quantitative estimate of drug-likeness (QED) is 0.743. The highest BCUT2D eigenvalue weighted by Crippen LogP contribution is 2.45. The van der Waals surface area contributed by atoms with Crippen molar-refractivity contribution in [3.8, 4) is 0 Å². The highest BCUT2D eigenvalue weighted by atomic mass is 16.3. The first-order valence-corrected chi connectivity index (χ1v) is 4.60. The maximum atomic E-state index is 8.98. The van der Waals surface area contributed by atoms with E-state index in [0.29, 0.717) is 0 Å². The third kappa shape index (κ3) is 1.56. The van der Waals surface area contributed by atoms with Crippen LogP contribution in [0, 0.1) is 6.92 Å². The molecule has 1 fully saturated rings. The Hall–Kier alpha value is -0.960. The van der Waals surface area contributed by atoms with Crippen LogP contribution in [0.5, 0.6) is 0 Å². The average molecular weight is 178 g/mol. The Morgan fingerprint density at radius 1 is 1.46 bits per heavy atom. The van der Waals surface area contributed by atoms with E-state index in [1.165, 1.54) is 12.8 Å². The lowest BCUT2D eigenvalue weighted by molar-refractivity contribution is 0.275. The maximum absolute atomic E-state index is 8.98. The molecular weight excluding hydrogens is 164 g/mol. The van der Waals surface area contributed by atoms with Crippen molar-refractivity contribution in [1.29, 1.82) is 0 Å². The van der Waals surface area contributed by atoms with Crippen LogP contribution in [-0.4, -0.2) is 15.1 Å². The van der Waals surface area contributed by atoms with Crippen molar-refractivity contribution in [3.63, 3.8) is 0 Å². The maximum Gasteiger partial charge on any atom is 0.134 e. The number of aryl methyl sites for hydroxylation is 1. The van der Waals surface area contributed by atoms with Crippen molar-refractivity contribution in [2.45, 2.75) is 38.7 Å². The van der Waals surface area contributed by atoms with Crippen LogP contribution in [0.2, 0.25) is 0 Å². The molecule has 3 heteroatoms. The monoisotopic (exact) mass is 178 g/mol. The normalized spacial score (nSPS) is 18.7. The van der Waals surface area contributed by atoms with Gasteiger partial charge in [-0.05, 0) is 25.8 Å². The molecule has 0 unspecified atom stereocenters. The largest absolute Gasteiger partial charge is 0.390 e. The lowest BCUT2D eigenvalue weighted by atomic mass is 10.1. The number of hydrogen-bond acceptors (Lipinski definition) is 3. The highest BCUT2D eigenvalue weighted by molar-refractivity contribution is 5.20. The highest BCUT2D eigenvalue weighted by Gasteiger charge is 2.42. The predicted octanol–water partition coefficient (Wildman–Crippen LogP) is 1.33. The molecule has 0 aliphatic heterocycles. The van der Waals surface area contributed by atoms with Gasteiger partial charge in [0.2, 0.25) is 0 Å². The number of aromatic nitrogens is 2. The molecule has 0 aromatic carbocycles. The molecule has 0 radical (unpaired) electrons. The zero-order valence-corrected chi connectivity index (χ0v) is 8.04.